The summed E-state index contributed by atoms with van der Waals surface area (Å²) in [5.74, 6) is 0.545. The Morgan fingerprint density at radius 3 is 2.28 bits per heavy atom. The molecule has 102 valence electrons. The molecule has 0 aliphatic rings. The molecule has 0 spiro atoms. The van der Waals surface area contributed by atoms with Crippen molar-refractivity contribution in [3.8, 4) is 0 Å². The van der Waals surface area contributed by atoms with E-state index in [1.54, 1.807) is 0 Å². The summed E-state index contributed by atoms with van der Waals surface area (Å²) in [5.41, 5.74) is 1.47. The summed E-state index contributed by atoms with van der Waals surface area (Å²) in [7, 11) is 0. The summed E-state index contributed by atoms with van der Waals surface area (Å²) in [6, 6.07) is 11.0. The van der Waals surface area contributed by atoms with E-state index in [9.17, 15) is 0 Å². The Morgan fingerprint density at radius 1 is 1.17 bits per heavy atom. The van der Waals surface area contributed by atoms with Crippen LogP contribution in [-0.2, 0) is 5.41 Å². The first-order valence-corrected chi connectivity index (χ1v) is 6.87. The highest BCUT2D eigenvalue weighted by Crippen LogP contribution is 2.22. The number of hydrogen-bond donors (Lipinski definition) is 2. The van der Waals surface area contributed by atoms with Crippen molar-refractivity contribution in [2.24, 2.45) is 5.92 Å². The molecule has 1 atom stereocenters. The Bertz CT molecular complexity index is 332. The summed E-state index contributed by atoms with van der Waals surface area (Å²) in [6.07, 6.45) is 0.822. The van der Waals surface area contributed by atoms with Crippen molar-refractivity contribution in [1.29, 1.82) is 0 Å². The van der Waals surface area contributed by atoms with Gasteiger partial charge in [-0.1, -0.05) is 58.0 Å². The van der Waals surface area contributed by atoms with E-state index >= 15 is 0 Å². The van der Waals surface area contributed by atoms with Crippen molar-refractivity contribution in [2.75, 3.05) is 13.2 Å². The van der Waals surface area contributed by atoms with Crippen LogP contribution in [0.25, 0.3) is 0 Å². The second-order valence-corrected chi connectivity index (χ2v) is 5.99. The van der Waals surface area contributed by atoms with Crippen LogP contribution in [0.5, 0.6) is 0 Å². The van der Waals surface area contributed by atoms with E-state index in [4.69, 9.17) is 5.11 Å². The van der Waals surface area contributed by atoms with Crippen LogP contribution in [0.1, 0.15) is 39.7 Å². The minimum atomic E-state index is 0.115. The number of aliphatic hydroxyl groups is 1. The lowest BCUT2D eigenvalue weighted by Crippen LogP contribution is -2.42. The minimum Gasteiger partial charge on any atom is -0.396 e. The van der Waals surface area contributed by atoms with Crippen LogP contribution >= 0.6 is 0 Å². The van der Waals surface area contributed by atoms with Crippen LogP contribution in [0, 0.1) is 5.92 Å². The van der Waals surface area contributed by atoms with Gasteiger partial charge in [0.05, 0.1) is 0 Å². The molecule has 0 aliphatic heterocycles. The molecular weight excluding hydrogens is 222 g/mol. The van der Waals surface area contributed by atoms with Crippen molar-refractivity contribution in [3.63, 3.8) is 0 Å². The molecule has 18 heavy (non-hydrogen) atoms. The molecule has 1 aromatic rings. The topological polar surface area (TPSA) is 32.3 Å². The third-order valence-electron chi connectivity index (χ3n) is 3.61. The zero-order chi connectivity index (χ0) is 13.6. The van der Waals surface area contributed by atoms with Crippen molar-refractivity contribution in [1.82, 2.24) is 5.32 Å². The molecule has 0 radical (unpaired) electrons. The molecule has 1 unspecified atom stereocenters. The number of rotatable bonds is 7. The Labute approximate surface area is 111 Å². The summed E-state index contributed by atoms with van der Waals surface area (Å²) in [4.78, 5) is 0. The van der Waals surface area contributed by atoms with E-state index in [2.05, 4.69) is 63.3 Å². The van der Waals surface area contributed by atoms with Gasteiger partial charge in [-0.15, -0.1) is 0 Å². The Morgan fingerprint density at radius 2 is 1.78 bits per heavy atom. The van der Waals surface area contributed by atoms with E-state index in [1.807, 2.05) is 0 Å². The molecule has 0 heterocycles. The van der Waals surface area contributed by atoms with Crippen LogP contribution in [0.15, 0.2) is 30.3 Å². The minimum absolute atomic E-state index is 0.115. The van der Waals surface area contributed by atoms with Crippen LogP contribution < -0.4 is 5.32 Å². The zero-order valence-corrected chi connectivity index (χ0v) is 12.1. The Hall–Kier alpha value is -0.860. The van der Waals surface area contributed by atoms with Crippen LogP contribution in [0.3, 0.4) is 0 Å². The quantitative estimate of drug-likeness (QED) is 0.778. The van der Waals surface area contributed by atoms with E-state index in [0.717, 1.165) is 13.0 Å². The molecule has 2 nitrogen and oxygen atoms in total. The van der Waals surface area contributed by atoms with Crippen molar-refractivity contribution in [3.05, 3.63) is 35.9 Å². The van der Waals surface area contributed by atoms with Crippen LogP contribution in [-0.4, -0.2) is 24.3 Å². The lowest BCUT2D eigenvalue weighted by atomic mass is 9.84. The summed E-state index contributed by atoms with van der Waals surface area (Å²) in [6.45, 7) is 10.1. The van der Waals surface area contributed by atoms with Gasteiger partial charge in [0.1, 0.15) is 0 Å². The Balaban J connectivity index is 2.60. The van der Waals surface area contributed by atoms with Gasteiger partial charge in [-0.05, 0) is 17.9 Å². The highest BCUT2D eigenvalue weighted by Gasteiger charge is 2.22. The predicted molar refractivity (Wildman–Crippen MR) is 77.8 cm³/mol. The van der Waals surface area contributed by atoms with Crippen LogP contribution in [0.4, 0.5) is 0 Å². The molecule has 0 saturated heterocycles. The molecular formula is C16H27NO. The van der Waals surface area contributed by atoms with Gasteiger partial charge in [0, 0.05) is 24.6 Å². The highest BCUT2D eigenvalue weighted by atomic mass is 16.3. The number of benzene rings is 1. The van der Waals surface area contributed by atoms with E-state index < -0.39 is 0 Å². The second-order valence-electron chi connectivity index (χ2n) is 5.99. The van der Waals surface area contributed by atoms with Gasteiger partial charge in [0.25, 0.3) is 0 Å². The normalized spacial score (nSPS) is 13.9. The number of aliphatic hydroxyl groups excluding tert-OH is 1. The van der Waals surface area contributed by atoms with Gasteiger partial charge in [0.2, 0.25) is 0 Å². The maximum atomic E-state index is 9.09. The Kier molecular flexibility index (Phi) is 5.83. The fraction of sp³-hybridized carbons (Fsp3) is 0.625. The van der Waals surface area contributed by atoms with E-state index in [-0.39, 0.29) is 12.0 Å². The smallest absolute Gasteiger partial charge is 0.0445 e. The van der Waals surface area contributed by atoms with E-state index in [0.29, 0.717) is 12.0 Å². The average molecular weight is 249 g/mol. The molecule has 0 aliphatic carbocycles. The molecule has 2 heteroatoms. The first-order valence-electron chi connectivity index (χ1n) is 6.87. The van der Waals surface area contributed by atoms with Gasteiger partial charge in [0.15, 0.2) is 0 Å². The van der Waals surface area contributed by atoms with Gasteiger partial charge < -0.3 is 10.4 Å². The number of hydrogen-bond acceptors (Lipinski definition) is 2. The monoisotopic (exact) mass is 249 g/mol. The zero-order valence-electron chi connectivity index (χ0n) is 12.1. The predicted octanol–water partition coefficient (Wildman–Crippen LogP) is 2.96. The number of nitrogens with one attached hydrogen (secondary N) is 1. The standard InChI is InChI=1S/C16H27NO/c1-13(2)15(10-11-18)17-12-16(3,4)14-8-6-5-7-9-14/h5-9,13,15,17-18H,10-12H2,1-4H3. The summed E-state index contributed by atoms with van der Waals surface area (Å²) in [5, 5.41) is 12.7. The average Bonchev–Trinajstić information content (AvgIpc) is 2.35. The van der Waals surface area contributed by atoms with Crippen molar-refractivity contribution >= 4 is 0 Å². The first kappa shape index (κ1) is 15.2. The van der Waals surface area contributed by atoms with E-state index in [1.165, 1.54) is 5.56 Å². The highest BCUT2D eigenvalue weighted by molar-refractivity contribution is 5.23. The lowest BCUT2D eigenvalue weighted by molar-refractivity contribution is 0.238. The molecule has 2 N–H and O–H groups in total. The fourth-order valence-electron chi connectivity index (χ4n) is 2.19. The largest absolute Gasteiger partial charge is 0.396 e. The van der Waals surface area contributed by atoms with Gasteiger partial charge >= 0.3 is 0 Å². The molecule has 0 amide bonds. The summed E-state index contributed by atoms with van der Waals surface area (Å²) >= 11 is 0. The molecule has 0 aromatic heterocycles. The summed E-state index contributed by atoms with van der Waals surface area (Å²) < 4.78 is 0. The third kappa shape index (κ3) is 4.43. The van der Waals surface area contributed by atoms with Gasteiger partial charge in [-0.25, -0.2) is 0 Å². The first-order chi connectivity index (χ1) is 8.47. The van der Waals surface area contributed by atoms with Crippen molar-refractivity contribution < 1.29 is 5.11 Å². The fourth-order valence-corrected chi connectivity index (χ4v) is 2.19. The second kappa shape index (κ2) is 6.91. The van der Waals surface area contributed by atoms with Gasteiger partial charge in [-0.2, -0.15) is 0 Å². The lowest BCUT2D eigenvalue weighted by Gasteiger charge is -2.30. The molecule has 1 rings (SSSR count). The molecule has 1 aromatic carbocycles. The van der Waals surface area contributed by atoms with Gasteiger partial charge in [-0.3, -0.25) is 0 Å². The maximum absolute atomic E-state index is 9.09. The maximum Gasteiger partial charge on any atom is 0.0445 e. The molecule has 0 bridgehead atoms. The third-order valence-corrected chi connectivity index (χ3v) is 3.61. The van der Waals surface area contributed by atoms with Crippen LogP contribution in [0.2, 0.25) is 0 Å². The molecule has 0 fully saturated rings. The molecule has 0 saturated carbocycles. The SMILES string of the molecule is CC(C)C(CCO)NCC(C)(C)c1ccccc1. The van der Waals surface area contributed by atoms with Crippen molar-refractivity contribution in [2.45, 2.75) is 45.6 Å².